The van der Waals surface area contributed by atoms with Gasteiger partial charge in [-0.1, -0.05) is 33.8 Å². The van der Waals surface area contributed by atoms with Crippen LogP contribution in [0.4, 0.5) is 11.6 Å². The predicted molar refractivity (Wildman–Crippen MR) is 125 cm³/mol. The molecule has 6 aliphatic heterocycles. The van der Waals surface area contributed by atoms with Gasteiger partial charge in [-0.25, -0.2) is 0 Å². The van der Waals surface area contributed by atoms with Crippen molar-refractivity contribution in [1.82, 2.24) is 9.13 Å². The lowest BCUT2D eigenvalue weighted by Crippen LogP contribution is -2.71. The number of amidine groups is 4. The van der Waals surface area contributed by atoms with E-state index in [0.717, 1.165) is 46.0 Å². The van der Waals surface area contributed by atoms with E-state index in [0.29, 0.717) is 0 Å². The molecule has 2 aromatic rings. The van der Waals surface area contributed by atoms with Gasteiger partial charge in [-0.15, -0.1) is 4.58 Å². The van der Waals surface area contributed by atoms with Gasteiger partial charge in [0, 0.05) is 33.4 Å². The van der Waals surface area contributed by atoms with Crippen LogP contribution in [0.25, 0.3) is 0 Å². The normalized spacial score (nSPS) is 29.2. The first-order valence-electron chi connectivity index (χ1n) is 11.8. The van der Waals surface area contributed by atoms with Crippen LogP contribution in [0.3, 0.4) is 0 Å². The second-order valence-electron chi connectivity index (χ2n) is 10.4. The fraction of sp³-hybridized carbons (Fsp3) is 0.440. The maximum absolute atomic E-state index is 5.29. The highest BCUT2D eigenvalue weighted by Crippen LogP contribution is 2.51. The first-order chi connectivity index (χ1) is 15.7. The van der Waals surface area contributed by atoms with Gasteiger partial charge in [-0.3, -0.25) is 0 Å². The zero-order valence-electron chi connectivity index (χ0n) is 20.2. The van der Waals surface area contributed by atoms with Crippen molar-refractivity contribution in [3.8, 4) is 0 Å². The van der Waals surface area contributed by atoms with Gasteiger partial charge in [0.25, 0.3) is 23.3 Å². The van der Waals surface area contributed by atoms with Crippen molar-refractivity contribution in [3.05, 3.63) is 44.4 Å². The van der Waals surface area contributed by atoms with Crippen molar-refractivity contribution in [2.24, 2.45) is 31.8 Å². The maximum Gasteiger partial charge on any atom is 0.404 e. The number of hydrogen-bond acceptors (Lipinski definition) is 4. The Balaban J connectivity index is 1.74. The molecule has 0 amide bonds. The van der Waals surface area contributed by atoms with E-state index in [1.165, 1.54) is 33.4 Å². The molecule has 0 saturated heterocycles. The molecular formula is C25H26N8+2. The van der Waals surface area contributed by atoms with Gasteiger partial charge < -0.3 is 0 Å². The molecule has 3 atom stereocenters. The van der Waals surface area contributed by atoms with Gasteiger partial charge in [-0.05, 0) is 41.5 Å². The van der Waals surface area contributed by atoms with E-state index in [2.05, 4.69) is 73.7 Å². The molecule has 33 heavy (non-hydrogen) atoms. The Morgan fingerprint density at radius 3 is 2.00 bits per heavy atom. The Bertz CT molecular complexity index is 1740. The molecule has 8 nitrogen and oxygen atoms in total. The van der Waals surface area contributed by atoms with Crippen molar-refractivity contribution in [3.63, 3.8) is 0 Å². The summed E-state index contributed by atoms with van der Waals surface area (Å²) in [7, 11) is 0. The predicted octanol–water partition coefficient (Wildman–Crippen LogP) is 2.45. The molecule has 0 aromatic carbocycles. The van der Waals surface area contributed by atoms with Crippen molar-refractivity contribution in [2.75, 3.05) is 0 Å². The van der Waals surface area contributed by atoms with Crippen molar-refractivity contribution < 1.29 is 9.15 Å². The smallest absolute Gasteiger partial charge is 0.193 e. The molecule has 164 valence electrons. The Hall–Kier alpha value is -3.42. The van der Waals surface area contributed by atoms with E-state index in [4.69, 9.17) is 20.0 Å². The minimum Gasteiger partial charge on any atom is -0.193 e. The third kappa shape index (κ3) is 1.49. The van der Waals surface area contributed by atoms with Gasteiger partial charge in [0.1, 0.15) is 0 Å². The van der Waals surface area contributed by atoms with Gasteiger partial charge in [-0.2, -0.15) is 13.7 Å². The lowest BCUT2D eigenvalue weighted by Gasteiger charge is -2.41. The van der Waals surface area contributed by atoms with Crippen LogP contribution in [-0.4, -0.2) is 41.6 Å². The molecule has 1 spiro atoms. The maximum atomic E-state index is 5.29. The highest BCUT2D eigenvalue weighted by molar-refractivity contribution is 6.13. The van der Waals surface area contributed by atoms with Crippen LogP contribution in [0, 0.1) is 39.5 Å². The summed E-state index contributed by atoms with van der Waals surface area (Å²) < 4.78 is 9.48. The number of rotatable bonds is 0. The lowest BCUT2D eigenvalue weighted by atomic mass is 9.97. The van der Waals surface area contributed by atoms with Crippen LogP contribution in [0.5, 0.6) is 0 Å². The molecule has 0 fully saturated rings. The Morgan fingerprint density at radius 2 is 1.30 bits per heavy atom. The number of nitrogens with zero attached hydrogens (tertiary/aromatic N) is 8. The monoisotopic (exact) mass is 438 g/mol. The molecule has 6 aliphatic rings. The van der Waals surface area contributed by atoms with Gasteiger partial charge in [0.05, 0.1) is 11.8 Å². The van der Waals surface area contributed by atoms with Crippen LogP contribution in [0.15, 0.2) is 31.1 Å². The topological polar surface area (TPSA) is 65.3 Å². The standard InChI is InChI=1S/C25H26N8/c1-9-10(2)18-27-20-13(5)14(6)22-29-24-16(8)15(7)23-28-21-12(4)11(3)19-26-17(9)30(18)25(31(19)21,32(20)22)33(23)24/h9-10H,1-8H3/q+2/t9-,10+,25?. The summed E-state index contributed by atoms with van der Waals surface area (Å²) >= 11 is 0. The molecule has 0 radical (unpaired) electrons. The van der Waals surface area contributed by atoms with Crippen LogP contribution in [-0.2, 0) is 5.91 Å². The van der Waals surface area contributed by atoms with Crippen LogP contribution < -0.4 is 11.0 Å². The van der Waals surface area contributed by atoms with E-state index < -0.39 is 5.91 Å². The number of aromatic nitrogens is 2. The fourth-order valence-electron chi connectivity index (χ4n) is 6.57. The molecule has 0 aliphatic carbocycles. The summed E-state index contributed by atoms with van der Waals surface area (Å²) in [4.78, 5) is 21.1. The summed E-state index contributed by atoms with van der Waals surface area (Å²) in [5.74, 6) is 5.96. The molecular weight excluding hydrogens is 412 g/mol. The largest absolute Gasteiger partial charge is 0.404 e. The van der Waals surface area contributed by atoms with Crippen molar-refractivity contribution >= 4 is 35.0 Å². The molecule has 0 N–H and O–H groups in total. The van der Waals surface area contributed by atoms with Crippen LogP contribution >= 0.6 is 0 Å². The average Bonchev–Trinajstić information content (AvgIpc) is 3.40. The Labute approximate surface area is 191 Å². The first-order valence-corrected chi connectivity index (χ1v) is 11.8. The minimum absolute atomic E-state index is 0.266. The molecule has 0 bridgehead atoms. The van der Waals surface area contributed by atoms with E-state index in [1.807, 2.05) is 0 Å². The second kappa shape index (κ2) is 4.90. The molecule has 0 saturated carbocycles. The van der Waals surface area contributed by atoms with Gasteiger partial charge in [0.15, 0.2) is 0 Å². The van der Waals surface area contributed by atoms with E-state index in [-0.39, 0.29) is 11.8 Å². The van der Waals surface area contributed by atoms with Crippen molar-refractivity contribution in [1.29, 1.82) is 0 Å². The number of aliphatic imine (C=N–C) groups is 2. The first kappa shape index (κ1) is 18.1. The van der Waals surface area contributed by atoms with E-state index >= 15 is 0 Å². The highest BCUT2D eigenvalue weighted by atomic mass is 15.7. The van der Waals surface area contributed by atoms with Crippen LogP contribution in [0.2, 0.25) is 0 Å². The molecule has 8 rings (SSSR count). The molecule has 2 aromatic heterocycles. The molecule has 1 unspecified atom stereocenters. The fourth-order valence-corrected chi connectivity index (χ4v) is 6.57. The summed E-state index contributed by atoms with van der Waals surface area (Å²) in [6.07, 6.45) is 0. The van der Waals surface area contributed by atoms with Gasteiger partial charge in [0.2, 0.25) is 22.6 Å². The SMILES string of the molecule is CC1=C(C)C2=[N+]3C1=Nc1c(C)c(C)c4n1C31n3c(c(C)c(C)c3=NC3=[N+]1C(=N4)[C@H](C)[C@@H]3C)=N2. The number of hydrogen-bond donors (Lipinski definition) is 0. The molecule has 8 heterocycles. The zero-order valence-corrected chi connectivity index (χ0v) is 20.2. The molecule has 8 heteroatoms. The zero-order chi connectivity index (χ0) is 22.9. The summed E-state index contributed by atoms with van der Waals surface area (Å²) in [6, 6.07) is 0. The summed E-state index contributed by atoms with van der Waals surface area (Å²) in [5.41, 5.74) is 9.12. The van der Waals surface area contributed by atoms with E-state index in [1.54, 1.807) is 0 Å². The summed E-state index contributed by atoms with van der Waals surface area (Å²) in [6.45, 7) is 17.6. The third-order valence-corrected chi connectivity index (χ3v) is 9.06. The summed E-state index contributed by atoms with van der Waals surface area (Å²) in [5, 5.41) is 0. The third-order valence-electron chi connectivity index (χ3n) is 9.06. The Kier molecular flexibility index (Phi) is 2.68. The minimum atomic E-state index is -0.715. The highest BCUT2D eigenvalue weighted by Gasteiger charge is 2.70. The quantitative estimate of drug-likeness (QED) is 0.568. The lowest BCUT2D eigenvalue weighted by molar-refractivity contribution is -0.791. The average molecular weight is 439 g/mol. The van der Waals surface area contributed by atoms with E-state index in [9.17, 15) is 0 Å². The van der Waals surface area contributed by atoms with Crippen molar-refractivity contribution in [2.45, 2.75) is 61.3 Å². The second-order valence-corrected chi connectivity index (χ2v) is 10.4. The Morgan fingerprint density at radius 1 is 0.667 bits per heavy atom. The van der Waals surface area contributed by atoms with Gasteiger partial charge >= 0.3 is 5.91 Å². The van der Waals surface area contributed by atoms with Crippen LogP contribution in [0.1, 0.15) is 49.9 Å².